The zero-order chi connectivity index (χ0) is 20.0. The highest BCUT2D eigenvalue weighted by Crippen LogP contribution is 2.49. The standard InChI is InChI=1S/C25H27BrN2O/c1-3-10-28-11-9-25(17-5-4-6-20(12-17)29-2)15-24-22(13-18(25)16-28)21-8-7-19(26)14-23(21)27-24/h3-8,12,14,18,27H,1,9-11,13,15-16H2,2H3. The summed E-state index contributed by atoms with van der Waals surface area (Å²) in [6, 6.07) is 15.4. The fourth-order valence-electron chi connectivity index (χ4n) is 5.62. The smallest absolute Gasteiger partial charge is 0.119 e. The van der Waals surface area contributed by atoms with Crippen LogP contribution in [0.2, 0.25) is 0 Å². The summed E-state index contributed by atoms with van der Waals surface area (Å²) in [5, 5.41) is 1.38. The number of nitrogens with one attached hydrogen (secondary N) is 1. The van der Waals surface area contributed by atoms with Crippen molar-refractivity contribution in [2.75, 3.05) is 26.7 Å². The number of aromatic amines is 1. The molecule has 2 aromatic carbocycles. The molecule has 1 aromatic heterocycles. The molecular formula is C25H27BrN2O. The molecule has 2 aliphatic rings. The number of rotatable bonds is 4. The number of hydrogen-bond donors (Lipinski definition) is 1. The number of nitrogens with zero attached hydrogens (tertiary/aromatic N) is 1. The number of benzene rings is 2. The highest BCUT2D eigenvalue weighted by molar-refractivity contribution is 9.10. The van der Waals surface area contributed by atoms with Crippen molar-refractivity contribution in [1.82, 2.24) is 9.88 Å². The predicted molar refractivity (Wildman–Crippen MR) is 123 cm³/mol. The van der Waals surface area contributed by atoms with Crippen LogP contribution >= 0.6 is 15.9 Å². The summed E-state index contributed by atoms with van der Waals surface area (Å²) in [4.78, 5) is 6.32. The lowest BCUT2D eigenvalue weighted by molar-refractivity contribution is 0.0896. The van der Waals surface area contributed by atoms with Crippen LogP contribution in [0.5, 0.6) is 5.75 Å². The molecule has 1 fully saturated rings. The predicted octanol–water partition coefficient (Wildman–Crippen LogP) is 5.48. The van der Waals surface area contributed by atoms with E-state index in [4.69, 9.17) is 4.74 Å². The molecule has 0 radical (unpaired) electrons. The van der Waals surface area contributed by atoms with E-state index in [2.05, 4.69) is 74.9 Å². The van der Waals surface area contributed by atoms with Gasteiger partial charge < -0.3 is 9.72 Å². The SMILES string of the molecule is C=CCN1CCC2(c3cccc(OC)c3)Cc3[nH]c4cc(Br)ccc4c3CC2C1. The van der Waals surface area contributed by atoms with E-state index in [1.54, 1.807) is 7.11 Å². The van der Waals surface area contributed by atoms with Crippen LogP contribution in [0.3, 0.4) is 0 Å². The quantitative estimate of drug-likeness (QED) is 0.532. The second-order valence-electron chi connectivity index (χ2n) is 8.54. The molecule has 2 atom stereocenters. The fraction of sp³-hybridized carbons (Fsp3) is 0.360. The number of piperidine rings is 1. The van der Waals surface area contributed by atoms with Crippen molar-refractivity contribution in [3.8, 4) is 5.75 Å². The number of aromatic nitrogens is 1. The third-order valence-electron chi connectivity index (χ3n) is 7.07. The number of H-pyrrole nitrogens is 1. The average molecular weight is 451 g/mol. The molecule has 1 aliphatic heterocycles. The molecule has 2 heterocycles. The lowest BCUT2D eigenvalue weighted by Crippen LogP contribution is -2.53. The van der Waals surface area contributed by atoms with Crippen molar-refractivity contribution in [3.05, 3.63) is 76.4 Å². The molecule has 150 valence electrons. The van der Waals surface area contributed by atoms with Crippen molar-refractivity contribution in [1.29, 1.82) is 0 Å². The van der Waals surface area contributed by atoms with Crippen molar-refractivity contribution in [2.45, 2.75) is 24.7 Å². The highest BCUT2D eigenvalue weighted by atomic mass is 79.9. The van der Waals surface area contributed by atoms with Crippen molar-refractivity contribution >= 4 is 26.8 Å². The van der Waals surface area contributed by atoms with Gasteiger partial charge in [0.1, 0.15) is 5.75 Å². The Labute approximate surface area is 180 Å². The Morgan fingerprint density at radius 2 is 2.21 bits per heavy atom. The Kier molecular flexibility index (Phi) is 4.79. The Morgan fingerprint density at radius 3 is 3.03 bits per heavy atom. The van der Waals surface area contributed by atoms with Gasteiger partial charge in [-0.25, -0.2) is 0 Å². The molecule has 5 rings (SSSR count). The third-order valence-corrected chi connectivity index (χ3v) is 7.56. The van der Waals surface area contributed by atoms with E-state index in [9.17, 15) is 0 Å². The maximum absolute atomic E-state index is 5.58. The second-order valence-corrected chi connectivity index (χ2v) is 9.45. The Bertz CT molecular complexity index is 1070. The van der Waals surface area contributed by atoms with Crippen LogP contribution in [-0.4, -0.2) is 36.6 Å². The summed E-state index contributed by atoms with van der Waals surface area (Å²) >= 11 is 3.63. The second kappa shape index (κ2) is 7.33. The zero-order valence-electron chi connectivity index (χ0n) is 16.9. The lowest BCUT2D eigenvalue weighted by Gasteiger charge is -2.51. The number of ether oxygens (including phenoxy) is 1. The van der Waals surface area contributed by atoms with Gasteiger partial charge in [0.25, 0.3) is 0 Å². The van der Waals surface area contributed by atoms with Crippen LogP contribution < -0.4 is 4.74 Å². The fourth-order valence-corrected chi connectivity index (χ4v) is 5.99. The summed E-state index contributed by atoms with van der Waals surface area (Å²) in [7, 11) is 1.76. The number of likely N-dealkylation sites (tertiary alicyclic amines) is 1. The molecule has 3 aromatic rings. The normalized spacial score (nSPS) is 24.1. The Balaban J connectivity index is 1.63. The maximum Gasteiger partial charge on any atom is 0.119 e. The Hall–Kier alpha value is -2.04. The summed E-state index contributed by atoms with van der Waals surface area (Å²) in [6.07, 6.45) is 5.38. The van der Waals surface area contributed by atoms with Gasteiger partial charge in [-0.3, -0.25) is 4.90 Å². The van der Waals surface area contributed by atoms with Gasteiger partial charge in [0.15, 0.2) is 0 Å². The summed E-state index contributed by atoms with van der Waals surface area (Å²) in [6.45, 7) is 7.17. The van der Waals surface area contributed by atoms with Gasteiger partial charge in [-0.05, 0) is 67.1 Å². The van der Waals surface area contributed by atoms with Crippen LogP contribution in [0.25, 0.3) is 10.9 Å². The van der Waals surface area contributed by atoms with E-state index in [-0.39, 0.29) is 5.41 Å². The van der Waals surface area contributed by atoms with Gasteiger partial charge in [0.2, 0.25) is 0 Å². The van der Waals surface area contributed by atoms with Gasteiger partial charge in [-0.2, -0.15) is 0 Å². The van der Waals surface area contributed by atoms with E-state index in [0.717, 1.165) is 49.1 Å². The lowest BCUT2D eigenvalue weighted by atomic mass is 9.58. The first-order valence-corrected chi connectivity index (χ1v) is 11.2. The molecule has 2 unspecified atom stereocenters. The maximum atomic E-state index is 5.58. The molecule has 29 heavy (non-hydrogen) atoms. The van der Waals surface area contributed by atoms with E-state index >= 15 is 0 Å². The molecule has 0 spiro atoms. The van der Waals surface area contributed by atoms with Crippen LogP contribution in [0.4, 0.5) is 0 Å². The first-order chi connectivity index (χ1) is 14.1. The van der Waals surface area contributed by atoms with Gasteiger partial charge in [0, 0.05) is 39.6 Å². The first-order valence-electron chi connectivity index (χ1n) is 10.4. The van der Waals surface area contributed by atoms with Crippen LogP contribution in [-0.2, 0) is 18.3 Å². The molecule has 1 N–H and O–H groups in total. The Morgan fingerprint density at radius 1 is 1.31 bits per heavy atom. The van der Waals surface area contributed by atoms with E-state index in [1.165, 1.54) is 27.7 Å². The van der Waals surface area contributed by atoms with Crippen LogP contribution in [0.15, 0.2) is 59.6 Å². The van der Waals surface area contributed by atoms with Gasteiger partial charge in [-0.1, -0.05) is 40.2 Å². The number of halogens is 1. The molecule has 1 saturated heterocycles. The minimum absolute atomic E-state index is 0.150. The van der Waals surface area contributed by atoms with E-state index in [0.29, 0.717) is 5.92 Å². The van der Waals surface area contributed by atoms with Crippen LogP contribution in [0.1, 0.15) is 23.2 Å². The van der Waals surface area contributed by atoms with Crippen molar-refractivity contribution in [3.63, 3.8) is 0 Å². The monoisotopic (exact) mass is 450 g/mol. The van der Waals surface area contributed by atoms with Crippen molar-refractivity contribution < 1.29 is 4.74 Å². The number of methoxy groups -OCH3 is 1. The molecule has 0 saturated carbocycles. The topological polar surface area (TPSA) is 28.3 Å². The van der Waals surface area contributed by atoms with Gasteiger partial charge in [-0.15, -0.1) is 6.58 Å². The molecule has 0 bridgehead atoms. The van der Waals surface area contributed by atoms with E-state index < -0.39 is 0 Å². The first kappa shape index (κ1) is 19.0. The average Bonchev–Trinajstić information content (AvgIpc) is 3.08. The highest BCUT2D eigenvalue weighted by Gasteiger charge is 2.47. The van der Waals surface area contributed by atoms with Crippen LogP contribution in [0, 0.1) is 5.92 Å². The molecule has 4 heteroatoms. The van der Waals surface area contributed by atoms with Crippen molar-refractivity contribution in [2.24, 2.45) is 5.92 Å². The minimum Gasteiger partial charge on any atom is -0.497 e. The van der Waals surface area contributed by atoms with Gasteiger partial charge in [0.05, 0.1) is 7.11 Å². The molecule has 3 nitrogen and oxygen atoms in total. The zero-order valence-corrected chi connectivity index (χ0v) is 18.5. The number of hydrogen-bond acceptors (Lipinski definition) is 2. The number of fused-ring (bicyclic) bond motifs is 4. The summed E-state index contributed by atoms with van der Waals surface area (Å²) < 4.78 is 6.70. The largest absolute Gasteiger partial charge is 0.497 e. The minimum atomic E-state index is 0.150. The summed E-state index contributed by atoms with van der Waals surface area (Å²) in [5.41, 5.74) is 5.74. The molecule has 0 amide bonds. The van der Waals surface area contributed by atoms with Gasteiger partial charge >= 0.3 is 0 Å². The van der Waals surface area contributed by atoms with E-state index in [1.807, 2.05) is 6.08 Å². The molecule has 1 aliphatic carbocycles. The third kappa shape index (κ3) is 3.13. The molecular weight excluding hydrogens is 424 g/mol. The summed E-state index contributed by atoms with van der Waals surface area (Å²) in [5.74, 6) is 1.54.